The average molecular weight is 402 g/mol. The van der Waals surface area contributed by atoms with Gasteiger partial charge in [-0.15, -0.1) is 0 Å². The fourth-order valence-corrected chi connectivity index (χ4v) is 3.45. The molecule has 0 saturated heterocycles. The van der Waals surface area contributed by atoms with Crippen molar-refractivity contribution in [3.63, 3.8) is 0 Å². The number of nitrogens with one attached hydrogen (secondary N) is 1. The van der Waals surface area contributed by atoms with Gasteiger partial charge in [-0.2, -0.15) is 5.26 Å². The molecule has 8 heteroatoms. The molecule has 0 unspecified atom stereocenters. The number of nitriles is 1. The fraction of sp³-hybridized carbons (Fsp3) is 0.250. The first-order valence-electron chi connectivity index (χ1n) is 8.54. The van der Waals surface area contributed by atoms with E-state index >= 15 is 0 Å². The molecule has 1 heterocycles. The molecule has 0 atom stereocenters. The molecule has 0 radical (unpaired) electrons. The molecule has 3 aromatic rings. The Hall–Kier alpha value is -3.05. The van der Waals surface area contributed by atoms with E-state index in [1.807, 2.05) is 13.8 Å². The summed E-state index contributed by atoms with van der Waals surface area (Å²) in [5.74, 6) is 0.385. The number of rotatable bonds is 6. The number of nitrogens with zero attached hydrogens (tertiary/aromatic N) is 1. The van der Waals surface area contributed by atoms with Gasteiger partial charge in [-0.25, -0.2) is 12.8 Å². The van der Waals surface area contributed by atoms with Crippen LogP contribution in [0.2, 0.25) is 0 Å². The van der Waals surface area contributed by atoms with E-state index < -0.39 is 10.0 Å². The standard InChI is InChI=1S/C20H19FN2O4S/c1-12(2)26-19-10-16-15(8-9-22)20(13-4-6-14(21)7-5-13)27-18(16)11-17(19)23-28(3,24)25/h4-7,10-12,23H,8H2,1-3H3. The van der Waals surface area contributed by atoms with E-state index in [2.05, 4.69) is 10.8 Å². The maximum Gasteiger partial charge on any atom is 0.229 e. The van der Waals surface area contributed by atoms with Gasteiger partial charge in [0.2, 0.25) is 10.0 Å². The van der Waals surface area contributed by atoms with Crippen molar-refractivity contribution in [3.05, 3.63) is 47.8 Å². The summed E-state index contributed by atoms with van der Waals surface area (Å²) >= 11 is 0. The van der Waals surface area contributed by atoms with Gasteiger partial charge in [0.05, 0.1) is 30.5 Å². The minimum Gasteiger partial charge on any atom is -0.489 e. The average Bonchev–Trinajstić information content (AvgIpc) is 2.92. The third kappa shape index (κ3) is 4.26. The summed E-state index contributed by atoms with van der Waals surface area (Å²) in [6, 6.07) is 11.0. The van der Waals surface area contributed by atoms with Crippen molar-refractivity contribution in [3.8, 4) is 23.1 Å². The first-order valence-corrected chi connectivity index (χ1v) is 10.4. The zero-order valence-electron chi connectivity index (χ0n) is 15.6. The molecule has 1 N–H and O–H groups in total. The number of halogens is 1. The lowest BCUT2D eigenvalue weighted by Crippen LogP contribution is -2.13. The minimum absolute atomic E-state index is 0.0691. The van der Waals surface area contributed by atoms with Crippen LogP contribution in [0.1, 0.15) is 19.4 Å². The van der Waals surface area contributed by atoms with E-state index in [1.54, 1.807) is 18.2 Å². The van der Waals surface area contributed by atoms with Crippen molar-refractivity contribution in [2.45, 2.75) is 26.4 Å². The van der Waals surface area contributed by atoms with Crippen LogP contribution in [0.5, 0.6) is 5.75 Å². The van der Waals surface area contributed by atoms with E-state index in [-0.39, 0.29) is 24.0 Å². The number of ether oxygens (including phenoxy) is 1. The van der Waals surface area contributed by atoms with Crippen LogP contribution in [0.4, 0.5) is 10.1 Å². The lowest BCUT2D eigenvalue weighted by molar-refractivity contribution is 0.244. The Morgan fingerprint density at radius 1 is 1.25 bits per heavy atom. The number of hydrogen-bond acceptors (Lipinski definition) is 5. The molecular formula is C20H19FN2O4S. The predicted molar refractivity (Wildman–Crippen MR) is 105 cm³/mol. The fourth-order valence-electron chi connectivity index (χ4n) is 2.89. The Balaban J connectivity index is 2.25. The zero-order chi connectivity index (χ0) is 20.5. The highest BCUT2D eigenvalue weighted by molar-refractivity contribution is 7.92. The van der Waals surface area contributed by atoms with Crippen LogP contribution in [0.15, 0.2) is 40.8 Å². The second-order valence-corrected chi connectivity index (χ2v) is 8.39. The van der Waals surface area contributed by atoms with Crippen LogP contribution in [0.25, 0.3) is 22.3 Å². The van der Waals surface area contributed by atoms with Gasteiger partial charge in [0.15, 0.2) is 0 Å². The maximum absolute atomic E-state index is 13.3. The van der Waals surface area contributed by atoms with E-state index in [1.165, 1.54) is 18.2 Å². The molecule has 0 aliphatic heterocycles. The molecule has 2 aromatic carbocycles. The lowest BCUT2D eigenvalue weighted by Gasteiger charge is -2.15. The van der Waals surface area contributed by atoms with Gasteiger partial charge < -0.3 is 9.15 Å². The van der Waals surface area contributed by atoms with Crippen molar-refractivity contribution in [1.82, 2.24) is 0 Å². The van der Waals surface area contributed by atoms with Crippen LogP contribution in [-0.4, -0.2) is 20.8 Å². The zero-order valence-corrected chi connectivity index (χ0v) is 16.4. The Morgan fingerprint density at radius 2 is 1.93 bits per heavy atom. The number of fused-ring (bicyclic) bond motifs is 1. The number of anilines is 1. The molecule has 0 fully saturated rings. The highest BCUT2D eigenvalue weighted by Crippen LogP contribution is 2.39. The van der Waals surface area contributed by atoms with Crippen LogP contribution < -0.4 is 9.46 Å². The predicted octanol–water partition coefficient (Wildman–Crippen LogP) is 4.46. The van der Waals surface area contributed by atoms with E-state index in [0.717, 1.165) is 6.26 Å². The Bertz CT molecular complexity index is 1160. The third-order valence-corrected chi connectivity index (χ3v) is 4.50. The number of benzene rings is 2. The molecule has 6 nitrogen and oxygen atoms in total. The van der Waals surface area contributed by atoms with Crippen molar-refractivity contribution < 1.29 is 22.0 Å². The highest BCUT2D eigenvalue weighted by atomic mass is 32.2. The molecule has 0 saturated carbocycles. The van der Waals surface area contributed by atoms with Gasteiger partial charge >= 0.3 is 0 Å². The van der Waals surface area contributed by atoms with Gasteiger partial charge in [-0.3, -0.25) is 4.72 Å². The van der Waals surface area contributed by atoms with Gasteiger partial charge in [0.1, 0.15) is 22.9 Å². The van der Waals surface area contributed by atoms with Gasteiger partial charge in [-0.1, -0.05) is 0 Å². The molecule has 146 valence electrons. The summed E-state index contributed by atoms with van der Waals surface area (Å²) in [4.78, 5) is 0. The summed E-state index contributed by atoms with van der Waals surface area (Å²) in [5.41, 5.74) is 1.88. The number of furan rings is 1. The van der Waals surface area contributed by atoms with Crippen LogP contribution in [0, 0.1) is 17.1 Å². The summed E-state index contributed by atoms with van der Waals surface area (Å²) in [5, 5.41) is 9.90. The molecule has 0 aliphatic rings. The van der Waals surface area contributed by atoms with Crippen LogP contribution >= 0.6 is 0 Å². The molecule has 0 spiro atoms. The minimum atomic E-state index is -3.54. The second kappa shape index (κ2) is 7.52. The Morgan fingerprint density at radius 3 is 2.50 bits per heavy atom. The molecule has 0 amide bonds. The summed E-state index contributed by atoms with van der Waals surface area (Å²) in [6.45, 7) is 3.65. The topological polar surface area (TPSA) is 92.3 Å². The van der Waals surface area contributed by atoms with Crippen LogP contribution in [-0.2, 0) is 16.4 Å². The number of sulfonamides is 1. The molecule has 0 bridgehead atoms. The van der Waals surface area contributed by atoms with E-state index in [0.29, 0.717) is 33.6 Å². The summed E-state index contributed by atoms with van der Waals surface area (Å²) in [7, 11) is -3.54. The van der Waals surface area contributed by atoms with Crippen molar-refractivity contribution in [2.24, 2.45) is 0 Å². The lowest BCUT2D eigenvalue weighted by atomic mass is 10.0. The Kier molecular flexibility index (Phi) is 5.29. The molecule has 0 aliphatic carbocycles. The van der Waals surface area contributed by atoms with Crippen molar-refractivity contribution >= 4 is 26.7 Å². The van der Waals surface area contributed by atoms with Gasteiger partial charge in [-0.05, 0) is 44.2 Å². The largest absolute Gasteiger partial charge is 0.489 e. The SMILES string of the molecule is CC(C)Oc1cc2c(CC#N)c(-c3ccc(F)cc3)oc2cc1NS(C)(=O)=O. The van der Waals surface area contributed by atoms with Gasteiger partial charge in [0, 0.05) is 22.6 Å². The first kappa shape index (κ1) is 19.7. The van der Waals surface area contributed by atoms with E-state index in [4.69, 9.17) is 9.15 Å². The van der Waals surface area contributed by atoms with Crippen LogP contribution in [0.3, 0.4) is 0 Å². The quantitative estimate of drug-likeness (QED) is 0.657. The molecule has 28 heavy (non-hydrogen) atoms. The third-order valence-electron chi connectivity index (χ3n) is 3.91. The first-order chi connectivity index (χ1) is 13.2. The van der Waals surface area contributed by atoms with E-state index in [9.17, 15) is 18.1 Å². The highest BCUT2D eigenvalue weighted by Gasteiger charge is 2.20. The van der Waals surface area contributed by atoms with Gasteiger partial charge in [0.25, 0.3) is 0 Å². The maximum atomic E-state index is 13.3. The summed E-state index contributed by atoms with van der Waals surface area (Å²) in [6.07, 6.45) is 0.920. The van der Waals surface area contributed by atoms with Crippen molar-refractivity contribution in [2.75, 3.05) is 11.0 Å². The smallest absolute Gasteiger partial charge is 0.229 e. The number of hydrogen-bond donors (Lipinski definition) is 1. The molecule has 3 rings (SSSR count). The molecule has 1 aromatic heterocycles. The summed E-state index contributed by atoms with van der Waals surface area (Å²) < 4.78 is 50.8. The Labute approximate surface area is 162 Å². The monoisotopic (exact) mass is 402 g/mol. The molecular weight excluding hydrogens is 383 g/mol. The normalized spacial score (nSPS) is 11.6. The van der Waals surface area contributed by atoms with Crippen molar-refractivity contribution in [1.29, 1.82) is 5.26 Å². The second-order valence-electron chi connectivity index (χ2n) is 6.64.